The highest BCUT2D eigenvalue weighted by atomic mass is 35.5. The summed E-state index contributed by atoms with van der Waals surface area (Å²) in [5, 5.41) is 4.43. The Morgan fingerprint density at radius 3 is 2.61 bits per heavy atom. The van der Waals surface area contributed by atoms with Crippen LogP contribution in [0.15, 0.2) is 41.5 Å². The van der Waals surface area contributed by atoms with E-state index in [-0.39, 0.29) is 12.3 Å². The van der Waals surface area contributed by atoms with Crippen LogP contribution < -0.4 is 20.6 Å². The summed E-state index contributed by atoms with van der Waals surface area (Å²) in [4.78, 5) is 12.0. The molecule has 0 fully saturated rings. The number of nitrogen functional groups attached to an aromatic ring is 1. The molecule has 0 aliphatic heterocycles. The Kier molecular flexibility index (Phi) is 8.14. The van der Waals surface area contributed by atoms with Gasteiger partial charge in [0, 0.05) is 5.69 Å². The van der Waals surface area contributed by atoms with Crippen molar-refractivity contribution in [2.24, 2.45) is 11.0 Å². The van der Waals surface area contributed by atoms with Gasteiger partial charge in [-0.05, 0) is 48.2 Å². The van der Waals surface area contributed by atoms with Crippen molar-refractivity contribution in [1.82, 2.24) is 5.43 Å². The number of nitrogens with one attached hydrogen (secondary N) is 1. The average Bonchev–Trinajstić information content (AvgIpc) is 2.63. The number of benzene rings is 2. The Balaban J connectivity index is 2.03. The van der Waals surface area contributed by atoms with Gasteiger partial charge in [0.1, 0.15) is 0 Å². The van der Waals surface area contributed by atoms with Crippen LogP contribution in [0.3, 0.4) is 0 Å². The molecule has 2 aromatic carbocycles. The minimum absolute atomic E-state index is 0.213. The normalized spacial score (nSPS) is 11.0. The van der Waals surface area contributed by atoms with Crippen molar-refractivity contribution < 1.29 is 14.3 Å². The number of ether oxygens (including phenoxy) is 2. The van der Waals surface area contributed by atoms with Crippen LogP contribution in [-0.2, 0) is 11.2 Å². The Morgan fingerprint density at radius 1 is 1.25 bits per heavy atom. The van der Waals surface area contributed by atoms with E-state index >= 15 is 0 Å². The van der Waals surface area contributed by atoms with Crippen LogP contribution in [-0.4, -0.2) is 25.3 Å². The molecule has 0 atom stereocenters. The Morgan fingerprint density at radius 2 is 1.96 bits per heavy atom. The van der Waals surface area contributed by atoms with Crippen LogP contribution in [0.5, 0.6) is 11.5 Å². The van der Waals surface area contributed by atoms with Crippen molar-refractivity contribution in [3.05, 3.63) is 52.5 Å². The lowest BCUT2D eigenvalue weighted by Crippen LogP contribution is -2.19. The molecule has 0 aliphatic carbocycles. The van der Waals surface area contributed by atoms with Crippen molar-refractivity contribution in [2.45, 2.75) is 27.2 Å². The second-order valence-electron chi connectivity index (χ2n) is 6.68. The van der Waals surface area contributed by atoms with Gasteiger partial charge in [-0.3, -0.25) is 4.79 Å². The molecule has 150 valence electrons. The second-order valence-corrected chi connectivity index (χ2v) is 7.09. The number of carbonyl (C=O) groups excluding carboxylic acids is 1. The zero-order valence-corrected chi connectivity index (χ0v) is 17.1. The van der Waals surface area contributed by atoms with Gasteiger partial charge < -0.3 is 15.2 Å². The number of amides is 1. The molecule has 7 heteroatoms. The van der Waals surface area contributed by atoms with Gasteiger partial charge in [0.2, 0.25) is 5.91 Å². The molecule has 0 radical (unpaired) electrons. The van der Waals surface area contributed by atoms with Crippen LogP contribution in [0, 0.1) is 5.92 Å². The zero-order chi connectivity index (χ0) is 20.5. The number of hydrogen-bond donors (Lipinski definition) is 2. The van der Waals surface area contributed by atoms with Gasteiger partial charge in [-0.15, -0.1) is 0 Å². The van der Waals surface area contributed by atoms with Crippen molar-refractivity contribution >= 4 is 29.4 Å². The first-order valence-corrected chi connectivity index (χ1v) is 9.52. The predicted octanol–water partition coefficient (Wildman–Crippen LogP) is 4.05. The fraction of sp³-hybridized carbons (Fsp3) is 0.333. The minimum atomic E-state index is -0.228. The lowest BCUT2D eigenvalue weighted by atomic mass is 10.1. The maximum atomic E-state index is 12.0. The van der Waals surface area contributed by atoms with Crippen molar-refractivity contribution in [3.63, 3.8) is 0 Å². The van der Waals surface area contributed by atoms with E-state index < -0.39 is 0 Å². The summed E-state index contributed by atoms with van der Waals surface area (Å²) >= 11 is 6.35. The van der Waals surface area contributed by atoms with Gasteiger partial charge in [0.05, 0.1) is 30.9 Å². The average molecular weight is 404 g/mol. The molecule has 0 unspecified atom stereocenters. The van der Waals surface area contributed by atoms with E-state index in [0.29, 0.717) is 46.9 Å². The van der Waals surface area contributed by atoms with E-state index in [2.05, 4.69) is 24.4 Å². The molecule has 0 heterocycles. The maximum absolute atomic E-state index is 12.0. The summed E-state index contributed by atoms with van der Waals surface area (Å²) in [5.41, 5.74) is 10.3. The molecule has 0 bridgehead atoms. The molecule has 0 saturated carbocycles. The summed E-state index contributed by atoms with van der Waals surface area (Å²) in [5.74, 6) is 1.20. The van der Waals surface area contributed by atoms with E-state index in [9.17, 15) is 4.79 Å². The number of hydrogen-bond acceptors (Lipinski definition) is 5. The first kappa shape index (κ1) is 21.6. The van der Waals surface area contributed by atoms with Gasteiger partial charge in [-0.1, -0.05) is 37.6 Å². The third-order valence-electron chi connectivity index (χ3n) is 3.64. The van der Waals surface area contributed by atoms with Crippen molar-refractivity contribution in [3.8, 4) is 11.5 Å². The van der Waals surface area contributed by atoms with Crippen molar-refractivity contribution in [1.29, 1.82) is 0 Å². The van der Waals surface area contributed by atoms with Gasteiger partial charge in [-0.25, -0.2) is 5.43 Å². The van der Waals surface area contributed by atoms with Crippen LogP contribution in [0.1, 0.15) is 31.9 Å². The largest absolute Gasteiger partial charge is 0.490 e. The molecule has 1 amide bonds. The molecule has 3 N–H and O–H groups in total. The first-order chi connectivity index (χ1) is 13.4. The molecule has 0 spiro atoms. The lowest BCUT2D eigenvalue weighted by Gasteiger charge is -2.15. The van der Waals surface area contributed by atoms with Crippen LogP contribution in [0.2, 0.25) is 5.02 Å². The standard InChI is InChI=1S/C21H26ClN3O3/c1-4-27-19-10-16(9-18(22)21(19)28-13-14(2)3)12-24-25-20(26)11-15-5-7-17(23)8-6-15/h5-10,12,14H,4,11,13,23H2,1-3H3,(H,25,26)/b24-12-. The SMILES string of the molecule is CCOc1cc(/C=N\NC(=O)Cc2ccc(N)cc2)cc(Cl)c1OCC(C)C. The van der Waals surface area contributed by atoms with E-state index in [1.807, 2.05) is 19.1 Å². The molecule has 2 rings (SSSR count). The molecule has 0 aromatic heterocycles. The predicted molar refractivity (Wildman–Crippen MR) is 113 cm³/mol. The maximum Gasteiger partial charge on any atom is 0.244 e. The zero-order valence-electron chi connectivity index (χ0n) is 16.4. The highest BCUT2D eigenvalue weighted by Gasteiger charge is 2.13. The van der Waals surface area contributed by atoms with Gasteiger partial charge in [-0.2, -0.15) is 5.10 Å². The van der Waals surface area contributed by atoms with Gasteiger partial charge in [0.15, 0.2) is 11.5 Å². The number of rotatable bonds is 9. The minimum Gasteiger partial charge on any atom is -0.490 e. The highest BCUT2D eigenvalue weighted by Crippen LogP contribution is 2.36. The molecule has 0 aliphatic rings. The van der Waals surface area contributed by atoms with Gasteiger partial charge in [0.25, 0.3) is 0 Å². The molecule has 0 saturated heterocycles. The Labute approximate surface area is 170 Å². The summed E-state index contributed by atoms with van der Waals surface area (Å²) in [6, 6.07) is 10.6. The first-order valence-electron chi connectivity index (χ1n) is 9.14. The fourth-order valence-corrected chi connectivity index (χ4v) is 2.63. The molecular weight excluding hydrogens is 378 g/mol. The summed E-state index contributed by atoms with van der Waals surface area (Å²) < 4.78 is 11.4. The van der Waals surface area contributed by atoms with Crippen molar-refractivity contribution in [2.75, 3.05) is 18.9 Å². The number of nitrogens with zero attached hydrogens (tertiary/aromatic N) is 1. The highest BCUT2D eigenvalue weighted by molar-refractivity contribution is 6.32. The number of hydrazone groups is 1. The number of nitrogens with two attached hydrogens (primary N) is 1. The molecular formula is C21H26ClN3O3. The number of halogens is 1. The van der Waals surface area contributed by atoms with E-state index in [1.165, 1.54) is 6.21 Å². The topological polar surface area (TPSA) is 85.9 Å². The molecule has 6 nitrogen and oxygen atoms in total. The lowest BCUT2D eigenvalue weighted by molar-refractivity contribution is -0.120. The molecule has 2 aromatic rings. The third-order valence-corrected chi connectivity index (χ3v) is 3.92. The Bertz CT molecular complexity index is 820. The number of carbonyl (C=O) groups is 1. The third kappa shape index (κ3) is 6.78. The second kappa shape index (κ2) is 10.6. The van der Waals surface area contributed by atoms with Crippen LogP contribution in [0.25, 0.3) is 0 Å². The van der Waals surface area contributed by atoms with E-state index in [0.717, 1.165) is 5.56 Å². The monoisotopic (exact) mass is 403 g/mol. The molecule has 28 heavy (non-hydrogen) atoms. The summed E-state index contributed by atoms with van der Waals surface area (Å²) in [6.07, 6.45) is 1.73. The summed E-state index contributed by atoms with van der Waals surface area (Å²) in [6.45, 7) is 7.02. The number of anilines is 1. The quantitative estimate of drug-likeness (QED) is 0.375. The van der Waals surface area contributed by atoms with Gasteiger partial charge >= 0.3 is 0 Å². The van der Waals surface area contributed by atoms with E-state index in [4.69, 9.17) is 26.8 Å². The smallest absolute Gasteiger partial charge is 0.244 e. The fourth-order valence-electron chi connectivity index (χ4n) is 2.35. The van der Waals surface area contributed by atoms with E-state index in [1.54, 1.807) is 24.3 Å². The van der Waals surface area contributed by atoms with Crippen LogP contribution in [0.4, 0.5) is 5.69 Å². The Hall–Kier alpha value is -2.73. The summed E-state index contributed by atoms with van der Waals surface area (Å²) in [7, 11) is 0. The van der Waals surface area contributed by atoms with Crippen LogP contribution >= 0.6 is 11.6 Å².